The van der Waals surface area contributed by atoms with Gasteiger partial charge in [-0.05, 0) is 11.4 Å². The summed E-state index contributed by atoms with van der Waals surface area (Å²) in [5, 5.41) is 11.1. The number of carboxylic acids is 1. The molecule has 74 valence electrons. The molecule has 0 saturated carbocycles. The average molecular weight is 209 g/mol. The van der Waals surface area contributed by atoms with Crippen LogP contribution in [0.3, 0.4) is 0 Å². The minimum atomic E-state index is -0.767. The molecule has 0 radical (unpaired) electrons. The number of carbonyl (C=O) groups is 1. The summed E-state index contributed by atoms with van der Waals surface area (Å²) in [6.07, 6.45) is 4.01. The number of rotatable bonds is 3. The molecule has 1 atom stereocenters. The van der Waals surface area contributed by atoms with E-state index in [2.05, 4.69) is 0 Å². The van der Waals surface area contributed by atoms with Gasteiger partial charge in [0, 0.05) is 18.0 Å². The summed E-state index contributed by atoms with van der Waals surface area (Å²) in [6.45, 7) is 1.46. The van der Waals surface area contributed by atoms with Crippen LogP contribution >= 0.6 is 11.3 Å². The fourth-order valence-corrected chi connectivity index (χ4v) is 2.46. The van der Waals surface area contributed by atoms with Gasteiger partial charge in [-0.2, -0.15) is 0 Å². The van der Waals surface area contributed by atoms with E-state index in [1.807, 2.05) is 34.6 Å². The Hall–Kier alpha value is -1.13. The Kier molecular flexibility index (Phi) is 2.65. The fraction of sp³-hybridized carbons (Fsp3) is 0.300. The zero-order valence-corrected chi connectivity index (χ0v) is 8.41. The van der Waals surface area contributed by atoms with E-state index in [0.29, 0.717) is 0 Å². The summed E-state index contributed by atoms with van der Waals surface area (Å²) in [5.74, 6) is -0.767. The average Bonchev–Trinajstić information content (AvgIpc) is 2.75. The van der Waals surface area contributed by atoms with Crippen molar-refractivity contribution in [1.82, 2.24) is 4.90 Å². The highest BCUT2D eigenvalue weighted by molar-refractivity contribution is 7.10. The van der Waals surface area contributed by atoms with Crippen molar-refractivity contribution in [3.8, 4) is 0 Å². The van der Waals surface area contributed by atoms with Gasteiger partial charge in [-0.3, -0.25) is 9.69 Å². The highest BCUT2D eigenvalue weighted by atomic mass is 32.1. The van der Waals surface area contributed by atoms with Gasteiger partial charge in [-0.25, -0.2) is 0 Å². The fourth-order valence-electron chi connectivity index (χ4n) is 1.61. The van der Waals surface area contributed by atoms with Gasteiger partial charge in [-0.15, -0.1) is 11.3 Å². The standard InChI is InChI=1S/C10H11NO2S/c12-10(13)9(8-4-3-7-14-8)11-5-1-2-6-11/h1-4,7,9H,5-6H2,(H,12,13). The topological polar surface area (TPSA) is 40.5 Å². The SMILES string of the molecule is O=C(O)C(c1cccs1)N1CC=CC1. The van der Waals surface area contributed by atoms with Crippen molar-refractivity contribution in [2.45, 2.75) is 6.04 Å². The lowest BCUT2D eigenvalue weighted by atomic mass is 10.2. The van der Waals surface area contributed by atoms with Gasteiger partial charge < -0.3 is 5.11 Å². The summed E-state index contributed by atoms with van der Waals surface area (Å²) in [7, 11) is 0. The van der Waals surface area contributed by atoms with Crippen LogP contribution in [0, 0.1) is 0 Å². The van der Waals surface area contributed by atoms with Gasteiger partial charge in [0.1, 0.15) is 6.04 Å². The number of hydrogen-bond acceptors (Lipinski definition) is 3. The van der Waals surface area contributed by atoms with E-state index in [0.717, 1.165) is 18.0 Å². The Morgan fingerprint density at radius 1 is 1.50 bits per heavy atom. The van der Waals surface area contributed by atoms with E-state index in [-0.39, 0.29) is 0 Å². The summed E-state index contributed by atoms with van der Waals surface area (Å²) >= 11 is 1.50. The minimum absolute atomic E-state index is 0.481. The molecule has 0 aliphatic carbocycles. The van der Waals surface area contributed by atoms with Gasteiger partial charge in [0.25, 0.3) is 0 Å². The molecule has 0 aromatic carbocycles. The number of hydrogen-bond donors (Lipinski definition) is 1. The molecule has 1 aromatic heterocycles. The van der Waals surface area contributed by atoms with Crippen molar-refractivity contribution in [1.29, 1.82) is 0 Å². The first-order chi connectivity index (χ1) is 6.79. The Bertz CT molecular complexity index is 337. The molecule has 4 heteroatoms. The largest absolute Gasteiger partial charge is 0.480 e. The van der Waals surface area contributed by atoms with Crippen LogP contribution in [0.4, 0.5) is 0 Å². The predicted molar refractivity (Wildman–Crippen MR) is 55.4 cm³/mol. The molecular weight excluding hydrogens is 198 g/mol. The molecule has 0 spiro atoms. The summed E-state index contributed by atoms with van der Waals surface area (Å²) < 4.78 is 0. The monoisotopic (exact) mass is 209 g/mol. The van der Waals surface area contributed by atoms with Crippen molar-refractivity contribution < 1.29 is 9.90 Å². The van der Waals surface area contributed by atoms with Crippen LogP contribution in [0.15, 0.2) is 29.7 Å². The Morgan fingerprint density at radius 2 is 2.21 bits per heavy atom. The Labute approximate surface area is 86.3 Å². The van der Waals surface area contributed by atoms with Crippen LogP contribution in [0.2, 0.25) is 0 Å². The number of nitrogens with zero attached hydrogens (tertiary/aromatic N) is 1. The van der Waals surface area contributed by atoms with Gasteiger partial charge in [0.15, 0.2) is 0 Å². The first-order valence-corrected chi connectivity index (χ1v) is 5.32. The molecule has 1 aliphatic heterocycles. The third-order valence-electron chi connectivity index (χ3n) is 2.26. The first kappa shape index (κ1) is 9.43. The van der Waals surface area contributed by atoms with Crippen LogP contribution in [0.25, 0.3) is 0 Å². The van der Waals surface area contributed by atoms with Crippen LogP contribution in [0.1, 0.15) is 10.9 Å². The zero-order chi connectivity index (χ0) is 9.97. The van der Waals surface area contributed by atoms with E-state index in [1.165, 1.54) is 11.3 Å². The van der Waals surface area contributed by atoms with Crippen molar-refractivity contribution in [3.05, 3.63) is 34.5 Å². The summed E-state index contributed by atoms with van der Waals surface area (Å²) in [5.41, 5.74) is 0. The molecule has 2 rings (SSSR count). The third-order valence-corrected chi connectivity index (χ3v) is 3.18. The van der Waals surface area contributed by atoms with Crippen molar-refractivity contribution in [2.75, 3.05) is 13.1 Å². The quantitative estimate of drug-likeness (QED) is 0.771. The second-order valence-corrected chi connectivity index (χ2v) is 4.16. The molecule has 1 aromatic rings. The molecule has 0 fully saturated rings. The summed E-state index contributed by atoms with van der Waals surface area (Å²) in [4.78, 5) is 14.0. The van der Waals surface area contributed by atoms with Crippen LogP contribution in [-0.2, 0) is 4.79 Å². The van der Waals surface area contributed by atoms with E-state index in [1.54, 1.807) is 0 Å². The number of aliphatic carboxylic acids is 1. The second-order valence-electron chi connectivity index (χ2n) is 3.18. The zero-order valence-electron chi connectivity index (χ0n) is 7.59. The molecule has 0 bridgehead atoms. The summed E-state index contributed by atoms with van der Waals surface area (Å²) in [6, 6.07) is 3.28. The van der Waals surface area contributed by atoms with E-state index in [4.69, 9.17) is 5.11 Å². The highest BCUT2D eigenvalue weighted by Gasteiger charge is 2.28. The highest BCUT2D eigenvalue weighted by Crippen LogP contribution is 2.26. The van der Waals surface area contributed by atoms with Gasteiger partial charge in [-0.1, -0.05) is 18.2 Å². The number of thiophene rings is 1. The number of carboxylic acid groups (broad SMARTS) is 1. The Balaban J connectivity index is 2.20. The van der Waals surface area contributed by atoms with Gasteiger partial charge in [0.2, 0.25) is 0 Å². The van der Waals surface area contributed by atoms with E-state index in [9.17, 15) is 4.79 Å². The maximum atomic E-state index is 11.1. The molecule has 2 heterocycles. The molecular formula is C10H11NO2S. The normalized spacial score (nSPS) is 18.6. The molecule has 1 unspecified atom stereocenters. The maximum Gasteiger partial charge on any atom is 0.326 e. The third kappa shape index (κ3) is 1.71. The molecule has 1 aliphatic rings. The Morgan fingerprint density at radius 3 is 2.71 bits per heavy atom. The second kappa shape index (κ2) is 3.94. The van der Waals surface area contributed by atoms with E-state index >= 15 is 0 Å². The lowest BCUT2D eigenvalue weighted by Crippen LogP contribution is -2.31. The van der Waals surface area contributed by atoms with Crippen LogP contribution < -0.4 is 0 Å². The molecule has 14 heavy (non-hydrogen) atoms. The predicted octanol–water partition coefficient (Wildman–Crippen LogP) is 1.75. The smallest absolute Gasteiger partial charge is 0.326 e. The minimum Gasteiger partial charge on any atom is -0.480 e. The molecule has 0 amide bonds. The lowest BCUT2D eigenvalue weighted by Gasteiger charge is -2.22. The van der Waals surface area contributed by atoms with E-state index < -0.39 is 12.0 Å². The lowest BCUT2D eigenvalue weighted by molar-refractivity contribution is -0.142. The molecule has 0 saturated heterocycles. The van der Waals surface area contributed by atoms with Crippen molar-refractivity contribution >= 4 is 17.3 Å². The molecule has 1 N–H and O–H groups in total. The van der Waals surface area contributed by atoms with Crippen LogP contribution in [-0.4, -0.2) is 29.1 Å². The first-order valence-electron chi connectivity index (χ1n) is 4.44. The van der Waals surface area contributed by atoms with Crippen LogP contribution in [0.5, 0.6) is 0 Å². The van der Waals surface area contributed by atoms with Gasteiger partial charge in [0.05, 0.1) is 0 Å². The van der Waals surface area contributed by atoms with Gasteiger partial charge >= 0.3 is 5.97 Å². The maximum absolute atomic E-state index is 11.1. The van der Waals surface area contributed by atoms with Crippen molar-refractivity contribution in [3.63, 3.8) is 0 Å². The molecule has 3 nitrogen and oxygen atoms in total. The van der Waals surface area contributed by atoms with Crippen molar-refractivity contribution in [2.24, 2.45) is 0 Å².